The van der Waals surface area contributed by atoms with Crippen molar-refractivity contribution in [1.29, 1.82) is 0 Å². The van der Waals surface area contributed by atoms with Crippen molar-refractivity contribution in [1.82, 2.24) is 25.1 Å². The number of rotatable bonds is 7. The molecular weight excluding hydrogens is 446 g/mol. The van der Waals surface area contributed by atoms with Gasteiger partial charge >= 0.3 is 12.0 Å². The maximum absolute atomic E-state index is 13.7. The van der Waals surface area contributed by atoms with Gasteiger partial charge in [-0.15, -0.1) is 0 Å². The minimum absolute atomic E-state index is 0.0232. The molecule has 1 saturated heterocycles. The predicted molar refractivity (Wildman–Crippen MR) is 133 cm³/mol. The van der Waals surface area contributed by atoms with E-state index >= 15 is 0 Å². The second kappa shape index (κ2) is 11.8. The quantitative estimate of drug-likeness (QED) is 0.478. The Balaban J connectivity index is 1.89. The molecule has 1 atom stereocenters. The molecule has 3 amide bonds. The van der Waals surface area contributed by atoms with Crippen molar-refractivity contribution >= 4 is 17.9 Å². The number of ether oxygens (including phenoxy) is 1. The average molecular weight is 482 g/mol. The molecule has 3 rings (SSSR count). The van der Waals surface area contributed by atoms with Crippen LogP contribution >= 0.6 is 0 Å². The van der Waals surface area contributed by atoms with Gasteiger partial charge in [-0.2, -0.15) is 0 Å². The van der Waals surface area contributed by atoms with Gasteiger partial charge < -0.3 is 19.9 Å². The van der Waals surface area contributed by atoms with Gasteiger partial charge in [-0.1, -0.05) is 43.7 Å². The Morgan fingerprint density at radius 2 is 1.86 bits per heavy atom. The van der Waals surface area contributed by atoms with Crippen LogP contribution in [0.3, 0.4) is 0 Å². The SMILES string of the molecule is CCCCNC(=O)N1CCN(C(=O)c2nc(-c3ccccc3)nc(C)c2C(=O)OC(C)C)CC1C. The van der Waals surface area contributed by atoms with Gasteiger partial charge in [-0.3, -0.25) is 4.79 Å². The molecule has 1 N–H and O–H groups in total. The monoisotopic (exact) mass is 481 g/mol. The van der Waals surface area contributed by atoms with Crippen molar-refractivity contribution in [2.24, 2.45) is 0 Å². The lowest BCUT2D eigenvalue weighted by Crippen LogP contribution is -2.57. The minimum atomic E-state index is -0.623. The normalized spacial score (nSPS) is 15.8. The number of carbonyl (C=O) groups excluding carboxylic acids is 3. The lowest BCUT2D eigenvalue weighted by atomic mass is 10.1. The van der Waals surface area contributed by atoms with E-state index < -0.39 is 5.97 Å². The summed E-state index contributed by atoms with van der Waals surface area (Å²) in [5, 5.41) is 2.94. The summed E-state index contributed by atoms with van der Waals surface area (Å²) in [5.74, 6) is -0.627. The number of urea groups is 1. The van der Waals surface area contributed by atoms with Crippen molar-refractivity contribution in [3.05, 3.63) is 47.3 Å². The number of amides is 3. The third-order valence-corrected chi connectivity index (χ3v) is 5.85. The Hall–Kier alpha value is -3.49. The highest BCUT2D eigenvalue weighted by Gasteiger charge is 2.34. The lowest BCUT2D eigenvalue weighted by molar-refractivity contribution is 0.0367. The summed E-state index contributed by atoms with van der Waals surface area (Å²) >= 11 is 0. The number of aryl methyl sites for hydroxylation is 1. The van der Waals surface area contributed by atoms with Crippen LogP contribution in [0.5, 0.6) is 0 Å². The van der Waals surface area contributed by atoms with Crippen LogP contribution in [0.15, 0.2) is 30.3 Å². The van der Waals surface area contributed by atoms with E-state index in [9.17, 15) is 14.4 Å². The van der Waals surface area contributed by atoms with Crippen LogP contribution in [-0.4, -0.2) is 76.0 Å². The maximum atomic E-state index is 13.7. The van der Waals surface area contributed by atoms with Crippen molar-refractivity contribution in [3.8, 4) is 11.4 Å². The third-order valence-electron chi connectivity index (χ3n) is 5.85. The molecule has 2 heterocycles. The Kier molecular flexibility index (Phi) is 8.78. The summed E-state index contributed by atoms with van der Waals surface area (Å²) < 4.78 is 5.41. The molecule has 9 heteroatoms. The van der Waals surface area contributed by atoms with Crippen LogP contribution in [0.1, 0.15) is 67.1 Å². The first-order valence-corrected chi connectivity index (χ1v) is 12.2. The second-order valence-electron chi connectivity index (χ2n) is 9.06. The standard InChI is InChI=1S/C26H35N5O4/c1-6-7-13-27-26(34)31-15-14-30(16-18(31)4)24(32)22-21(25(33)35-17(2)3)19(5)28-23(29-22)20-11-9-8-10-12-20/h8-12,17-18H,6-7,13-16H2,1-5H3,(H,27,34). The molecule has 9 nitrogen and oxygen atoms in total. The molecule has 0 aliphatic carbocycles. The fourth-order valence-electron chi connectivity index (χ4n) is 4.03. The van der Waals surface area contributed by atoms with E-state index in [4.69, 9.17) is 4.74 Å². The Labute approximate surface area is 206 Å². The van der Waals surface area contributed by atoms with E-state index in [0.717, 1.165) is 18.4 Å². The first-order valence-electron chi connectivity index (χ1n) is 12.2. The molecule has 0 bridgehead atoms. The van der Waals surface area contributed by atoms with E-state index in [-0.39, 0.29) is 35.3 Å². The van der Waals surface area contributed by atoms with Crippen molar-refractivity contribution < 1.29 is 19.1 Å². The molecule has 2 aromatic rings. The fraction of sp³-hybridized carbons (Fsp3) is 0.500. The van der Waals surface area contributed by atoms with Crippen LogP contribution in [-0.2, 0) is 4.74 Å². The highest BCUT2D eigenvalue weighted by atomic mass is 16.5. The molecule has 1 unspecified atom stereocenters. The topological polar surface area (TPSA) is 105 Å². The van der Waals surface area contributed by atoms with Crippen molar-refractivity contribution in [2.75, 3.05) is 26.2 Å². The number of hydrogen-bond acceptors (Lipinski definition) is 6. The number of unbranched alkanes of at least 4 members (excludes halogenated alkanes) is 1. The third kappa shape index (κ3) is 6.35. The van der Waals surface area contributed by atoms with Gasteiger partial charge in [-0.05, 0) is 34.1 Å². The van der Waals surface area contributed by atoms with Gasteiger partial charge in [0.25, 0.3) is 5.91 Å². The zero-order valence-corrected chi connectivity index (χ0v) is 21.2. The molecule has 1 aromatic heterocycles. The summed E-state index contributed by atoms with van der Waals surface area (Å²) in [7, 11) is 0. The van der Waals surface area contributed by atoms with Gasteiger partial charge in [0.1, 0.15) is 11.3 Å². The molecule has 1 aromatic carbocycles. The molecule has 1 aliphatic heterocycles. The maximum Gasteiger partial charge on any atom is 0.342 e. The molecule has 35 heavy (non-hydrogen) atoms. The number of benzene rings is 1. The zero-order chi connectivity index (χ0) is 25.5. The van der Waals surface area contributed by atoms with E-state index in [2.05, 4.69) is 22.2 Å². The molecule has 0 radical (unpaired) electrons. The highest BCUT2D eigenvalue weighted by molar-refractivity contribution is 6.05. The Morgan fingerprint density at radius 1 is 1.14 bits per heavy atom. The number of hydrogen-bond donors (Lipinski definition) is 1. The summed E-state index contributed by atoms with van der Waals surface area (Å²) in [4.78, 5) is 51.6. The lowest BCUT2D eigenvalue weighted by Gasteiger charge is -2.39. The number of nitrogens with one attached hydrogen (secondary N) is 1. The molecule has 1 aliphatic rings. The largest absolute Gasteiger partial charge is 0.459 e. The van der Waals surface area contributed by atoms with Crippen LogP contribution < -0.4 is 5.32 Å². The highest BCUT2D eigenvalue weighted by Crippen LogP contribution is 2.23. The summed E-state index contributed by atoms with van der Waals surface area (Å²) in [6.07, 6.45) is 1.57. The molecule has 188 valence electrons. The number of aromatic nitrogens is 2. The summed E-state index contributed by atoms with van der Waals surface area (Å²) in [6, 6.07) is 9.02. The Morgan fingerprint density at radius 3 is 2.49 bits per heavy atom. The predicted octanol–water partition coefficient (Wildman–Crippen LogP) is 3.67. The van der Waals surface area contributed by atoms with E-state index in [1.54, 1.807) is 30.6 Å². The molecule has 0 saturated carbocycles. The van der Waals surface area contributed by atoms with Gasteiger partial charge in [0.2, 0.25) is 0 Å². The van der Waals surface area contributed by atoms with E-state index in [1.807, 2.05) is 37.3 Å². The molecular formula is C26H35N5O4. The Bertz CT molecular complexity index is 1060. The number of nitrogens with zero attached hydrogens (tertiary/aromatic N) is 4. The van der Waals surface area contributed by atoms with Gasteiger partial charge in [0.15, 0.2) is 5.82 Å². The average Bonchev–Trinajstić information content (AvgIpc) is 2.83. The van der Waals surface area contributed by atoms with E-state index in [0.29, 0.717) is 37.7 Å². The molecule has 0 spiro atoms. The van der Waals surface area contributed by atoms with Crippen molar-refractivity contribution in [2.45, 2.75) is 59.6 Å². The first-order chi connectivity index (χ1) is 16.7. The second-order valence-corrected chi connectivity index (χ2v) is 9.06. The zero-order valence-electron chi connectivity index (χ0n) is 21.2. The number of carbonyl (C=O) groups is 3. The van der Waals surface area contributed by atoms with Gasteiger partial charge in [-0.25, -0.2) is 19.6 Å². The first kappa shape index (κ1) is 26.1. The fourth-order valence-corrected chi connectivity index (χ4v) is 4.03. The van der Waals surface area contributed by atoms with Gasteiger partial charge in [0, 0.05) is 37.8 Å². The number of esters is 1. The number of piperazine rings is 1. The van der Waals surface area contributed by atoms with Crippen LogP contribution in [0.4, 0.5) is 4.79 Å². The van der Waals surface area contributed by atoms with Crippen LogP contribution in [0, 0.1) is 6.92 Å². The summed E-state index contributed by atoms with van der Waals surface area (Å²) in [5.41, 5.74) is 1.23. The van der Waals surface area contributed by atoms with Crippen LogP contribution in [0.25, 0.3) is 11.4 Å². The summed E-state index contributed by atoms with van der Waals surface area (Å²) in [6.45, 7) is 10.9. The van der Waals surface area contributed by atoms with Crippen LogP contribution in [0.2, 0.25) is 0 Å². The minimum Gasteiger partial charge on any atom is -0.459 e. The van der Waals surface area contributed by atoms with E-state index in [1.165, 1.54) is 0 Å². The smallest absolute Gasteiger partial charge is 0.342 e. The van der Waals surface area contributed by atoms with Gasteiger partial charge in [0.05, 0.1) is 11.8 Å². The van der Waals surface area contributed by atoms with Crippen molar-refractivity contribution in [3.63, 3.8) is 0 Å². The molecule has 1 fully saturated rings.